The highest BCUT2D eigenvalue weighted by Crippen LogP contribution is 2.63. The van der Waals surface area contributed by atoms with Gasteiger partial charge in [0.15, 0.2) is 0 Å². The van der Waals surface area contributed by atoms with Crippen LogP contribution in [0.5, 0.6) is 0 Å². The maximum atomic E-state index is 2.53. The van der Waals surface area contributed by atoms with Crippen molar-refractivity contribution in [3.05, 3.63) is 204 Å². The van der Waals surface area contributed by atoms with Crippen LogP contribution in [-0.4, -0.2) is 9.82 Å². The summed E-state index contributed by atoms with van der Waals surface area (Å²) in [5.74, 6) is 0.458. The third kappa shape index (κ3) is 3.82. The highest BCUT2D eigenvalue weighted by molar-refractivity contribution is 8.00. The van der Waals surface area contributed by atoms with Crippen LogP contribution in [0.4, 0.5) is 0 Å². The van der Waals surface area contributed by atoms with E-state index in [4.69, 9.17) is 0 Å². The standard InChI is InChI=1S/C49H31NS2/c1-4-14-39-33(11-1)36-28-37-34-12-2-7-17-43(34)50(32-24-21-30(22-25-32)31-23-26-46-38(27-31)35-13-3-8-18-45(35)51-46)44(37)29-42(36)49(39)40-15-5-9-19-47(40)52-48-20-10-6-16-41(48)49/h1-29,35,45H. The Hall–Kier alpha value is -5.48. The molecule has 1 aromatic heterocycles. The van der Waals surface area contributed by atoms with E-state index in [1.165, 1.54) is 92.3 Å². The number of rotatable bonds is 2. The molecule has 52 heavy (non-hydrogen) atoms. The molecule has 3 heterocycles. The molecule has 0 fully saturated rings. The molecule has 2 unspecified atom stereocenters. The van der Waals surface area contributed by atoms with Gasteiger partial charge in [-0.15, -0.1) is 11.8 Å². The first-order valence-electron chi connectivity index (χ1n) is 18.1. The molecule has 4 aliphatic rings. The molecule has 0 bridgehead atoms. The summed E-state index contributed by atoms with van der Waals surface area (Å²) in [4.78, 5) is 4.07. The molecule has 0 radical (unpaired) electrons. The van der Waals surface area contributed by atoms with Crippen molar-refractivity contribution in [2.75, 3.05) is 0 Å². The van der Waals surface area contributed by atoms with Crippen LogP contribution in [0.3, 0.4) is 0 Å². The van der Waals surface area contributed by atoms with Gasteiger partial charge >= 0.3 is 0 Å². The van der Waals surface area contributed by atoms with E-state index in [2.05, 4.69) is 181 Å². The zero-order chi connectivity index (χ0) is 34.0. The highest BCUT2D eigenvalue weighted by Gasteiger charge is 2.50. The van der Waals surface area contributed by atoms with Crippen molar-refractivity contribution in [2.45, 2.75) is 31.3 Å². The first-order valence-corrected chi connectivity index (χ1v) is 19.8. The zero-order valence-corrected chi connectivity index (χ0v) is 29.8. The fourth-order valence-corrected chi connectivity index (χ4v) is 12.1. The monoisotopic (exact) mass is 697 g/mol. The Bertz CT molecular complexity index is 2830. The van der Waals surface area contributed by atoms with E-state index in [1.54, 1.807) is 0 Å². The van der Waals surface area contributed by atoms with E-state index in [0.29, 0.717) is 11.2 Å². The molecule has 2 atom stereocenters. The normalized spacial score (nSPS) is 18.2. The summed E-state index contributed by atoms with van der Waals surface area (Å²) in [6, 6.07) is 57.5. The van der Waals surface area contributed by atoms with Crippen molar-refractivity contribution in [1.82, 2.24) is 4.57 Å². The fraction of sp³-hybridized carbons (Fsp3) is 0.0612. The maximum Gasteiger partial charge on any atom is 0.0736 e. The van der Waals surface area contributed by atoms with E-state index < -0.39 is 5.41 Å². The van der Waals surface area contributed by atoms with Crippen LogP contribution in [0.25, 0.3) is 49.7 Å². The number of nitrogens with zero attached hydrogens (tertiary/aromatic N) is 1. The Morgan fingerprint density at radius 3 is 2.00 bits per heavy atom. The van der Waals surface area contributed by atoms with Crippen molar-refractivity contribution in [3.63, 3.8) is 0 Å². The molecular formula is C49H31NS2. The molecule has 0 N–H and O–H groups in total. The van der Waals surface area contributed by atoms with Crippen molar-refractivity contribution in [3.8, 4) is 27.9 Å². The number of para-hydroxylation sites is 1. The van der Waals surface area contributed by atoms with Gasteiger partial charge in [-0.25, -0.2) is 0 Å². The number of fused-ring (bicyclic) bond motifs is 15. The number of allylic oxidation sites excluding steroid dienone is 3. The second kappa shape index (κ2) is 10.8. The Labute approximate surface area is 311 Å². The van der Waals surface area contributed by atoms with Crippen LogP contribution in [0.2, 0.25) is 0 Å². The molecule has 1 spiro atoms. The molecular weight excluding hydrogens is 667 g/mol. The lowest BCUT2D eigenvalue weighted by Gasteiger charge is -2.39. The third-order valence-corrected chi connectivity index (χ3v) is 14.3. The van der Waals surface area contributed by atoms with Gasteiger partial charge in [-0.2, -0.15) is 0 Å². The molecule has 8 aromatic rings. The number of benzene rings is 7. The lowest BCUT2D eigenvalue weighted by atomic mass is 9.67. The van der Waals surface area contributed by atoms with E-state index in [0.717, 1.165) is 0 Å². The lowest BCUT2D eigenvalue weighted by Crippen LogP contribution is -2.31. The SMILES string of the molecule is C1=CC2Sc3ccc(-c4ccc(-n5c6ccccc6c6cc7c(cc65)C5(c6ccccc6Sc6ccccc65)c5ccccc5-7)cc4)cc3C2C=C1. The smallest absolute Gasteiger partial charge is 0.0736 e. The summed E-state index contributed by atoms with van der Waals surface area (Å²) >= 11 is 3.89. The molecule has 12 rings (SSSR count). The molecule has 2 aliphatic heterocycles. The van der Waals surface area contributed by atoms with Gasteiger partial charge in [0.1, 0.15) is 0 Å². The predicted molar refractivity (Wildman–Crippen MR) is 218 cm³/mol. The average molecular weight is 698 g/mol. The molecule has 2 aliphatic carbocycles. The van der Waals surface area contributed by atoms with Crippen LogP contribution >= 0.6 is 23.5 Å². The van der Waals surface area contributed by atoms with Gasteiger partial charge in [0, 0.05) is 42.3 Å². The van der Waals surface area contributed by atoms with Gasteiger partial charge in [-0.05, 0) is 105 Å². The molecule has 0 amide bonds. The quantitative estimate of drug-likeness (QED) is 0.177. The first kappa shape index (κ1) is 29.1. The van der Waals surface area contributed by atoms with E-state index >= 15 is 0 Å². The highest BCUT2D eigenvalue weighted by atomic mass is 32.2. The predicted octanol–water partition coefficient (Wildman–Crippen LogP) is 13.0. The topological polar surface area (TPSA) is 4.93 Å². The first-order chi connectivity index (χ1) is 25.8. The van der Waals surface area contributed by atoms with Crippen molar-refractivity contribution in [2.24, 2.45) is 0 Å². The number of aromatic nitrogens is 1. The summed E-state index contributed by atoms with van der Waals surface area (Å²) in [5.41, 5.74) is 15.4. The average Bonchev–Trinajstić information content (AvgIpc) is 3.83. The molecule has 0 saturated heterocycles. The number of hydrogen-bond acceptors (Lipinski definition) is 2. The van der Waals surface area contributed by atoms with Gasteiger partial charge in [0.05, 0.1) is 16.4 Å². The van der Waals surface area contributed by atoms with E-state index in [9.17, 15) is 0 Å². The van der Waals surface area contributed by atoms with Crippen LogP contribution in [0, 0.1) is 0 Å². The van der Waals surface area contributed by atoms with Crippen LogP contribution in [0.1, 0.15) is 33.7 Å². The van der Waals surface area contributed by atoms with Crippen molar-refractivity contribution >= 4 is 45.3 Å². The van der Waals surface area contributed by atoms with Crippen molar-refractivity contribution < 1.29 is 0 Å². The second-order valence-electron chi connectivity index (χ2n) is 14.3. The summed E-state index contributed by atoms with van der Waals surface area (Å²) in [7, 11) is 0. The molecule has 3 heteroatoms. The lowest BCUT2D eigenvalue weighted by molar-refractivity contribution is 0.723. The van der Waals surface area contributed by atoms with Gasteiger partial charge in [0.2, 0.25) is 0 Å². The number of thioether (sulfide) groups is 1. The maximum absolute atomic E-state index is 2.53. The Morgan fingerprint density at radius 2 is 1.17 bits per heavy atom. The fourth-order valence-electron chi connectivity index (χ4n) is 9.62. The van der Waals surface area contributed by atoms with E-state index in [1.807, 2.05) is 23.5 Å². The van der Waals surface area contributed by atoms with Gasteiger partial charge in [-0.3, -0.25) is 0 Å². The van der Waals surface area contributed by atoms with Crippen LogP contribution in [-0.2, 0) is 5.41 Å². The second-order valence-corrected chi connectivity index (χ2v) is 16.6. The minimum absolute atomic E-state index is 0.405. The Balaban J connectivity index is 1.08. The molecule has 1 nitrogen and oxygen atoms in total. The molecule has 7 aromatic carbocycles. The Kier molecular flexibility index (Phi) is 6.04. The minimum Gasteiger partial charge on any atom is -0.309 e. The zero-order valence-electron chi connectivity index (χ0n) is 28.2. The summed E-state index contributed by atoms with van der Waals surface area (Å²) in [5, 5.41) is 3.08. The molecule has 244 valence electrons. The van der Waals surface area contributed by atoms with Crippen LogP contribution < -0.4 is 0 Å². The third-order valence-electron chi connectivity index (χ3n) is 11.8. The van der Waals surface area contributed by atoms with Crippen molar-refractivity contribution in [1.29, 1.82) is 0 Å². The summed E-state index contributed by atoms with van der Waals surface area (Å²) in [6.07, 6.45) is 9.09. The Morgan fingerprint density at radius 1 is 0.481 bits per heavy atom. The summed E-state index contributed by atoms with van der Waals surface area (Å²) in [6.45, 7) is 0. The van der Waals surface area contributed by atoms with Gasteiger partial charge < -0.3 is 4.57 Å². The van der Waals surface area contributed by atoms with E-state index in [-0.39, 0.29) is 0 Å². The minimum atomic E-state index is -0.405. The largest absolute Gasteiger partial charge is 0.309 e. The number of hydrogen-bond donors (Lipinski definition) is 0. The van der Waals surface area contributed by atoms with Gasteiger partial charge in [-0.1, -0.05) is 133 Å². The summed E-state index contributed by atoms with van der Waals surface area (Å²) < 4.78 is 2.49. The van der Waals surface area contributed by atoms with Crippen LogP contribution in [0.15, 0.2) is 191 Å². The van der Waals surface area contributed by atoms with Gasteiger partial charge in [0.25, 0.3) is 0 Å². The molecule has 0 saturated carbocycles.